The number of hydrogen-bond donors (Lipinski definition) is 1. The molecule has 1 aromatic heterocycles. The van der Waals surface area contributed by atoms with Crippen LogP contribution in [0.15, 0.2) is 29.8 Å². The van der Waals surface area contributed by atoms with E-state index in [0.717, 1.165) is 36.1 Å². The SMILES string of the molecule is CCOC(=O)c1c(NC(=O)/C(C#N)=C2\C(=O)N(CC)c3ccccc32)sc2c1CCCC2. The van der Waals surface area contributed by atoms with Crippen LogP contribution in [0.25, 0.3) is 5.57 Å². The first-order chi connectivity index (χ1) is 15.5. The molecule has 164 valence electrons. The fourth-order valence-electron chi connectivity index (χ4n) is 4.29. The average molecular weight is 450 g/mol. The maximum Gasteiger partial charge on any atom is 0.341 e. The number of para-hydroxylation sites is 1. The molecule has 0 saturated heterocycles. The molecule has 2 aliphatic rings. The van der Waals surface area contributed by atoms with Crippen molar-refractivity contribution < 1.29 is 19.1 Å². The summed E-state index contributed by atoms with van der Waals surface area (Å²) in [5.74, 6) is -1.56. The van der Waals surface area contributed by atoms with Crippen molar-refractivity contribution in [1.29, 1.82) is 5.26 Å². The van der Waals surface area contributed by atoms with Gasteiger partial charge in [0, 0.05) is 17.0 Å². The molecular formula is C24H23N3O4S. The van der Waals surface area contributed by atoms with Gasteiger partial charge < -0.3 is 15.0 Å². The molecule has 1 aliphatic heterocycles. The summed E-state index contributed by atoms with van der Waals surface area (Å²) in [6.45, 7) is 4.22. The first kappa shape index (κ1) is 21.8. The second-order valence-electron chi connectivity index (χ2n) is 7.52. The number of carbonyl (C=O) groups is 3. The topological polar surface area (TPSA) is 99.5 Å². The van der Waals surface area contributed by atoms with Gasteiger partial charge in [0.25, 0.3) is 11.8 Å². The third kappa shape index (κ3) is 3.59. The largest absolute Gasteiger partial charge is 0.462 e. The molecule has 0 fully saturated rings. The molecule has 1 aliphatic carbocycles. The molecule has 1 N–H and O–H groups in total. The van der Waals surface area contributed by atoms with Crippen LogP contribution in [-0.2, 0) is 27.2 Å². The summed E-state index contributed by atoms with van der Waals surface area (Å²) in [5, 5.41) is 13.0. The fourth-order valence-corrected chi connectivity index (χ4v) is 5.57. The van der Waals surface area contributed by atoms with Gasteiger partial charge in [-0.15, -0.1) is 11.3 Å². The van der Waals surface area contributed by atoms with Crippen LogP contribution in [0.5, 0.6) is 0 Å². The number of anilines is 2. The zero-order valence-electron chi connectivity index (χ0n) is 18.0. The number of ether oxygens (including phenoxy) is 1. The maximum absolute atomic E-state index is 13.2. The van der Waals surface area contributed by atoms with E-state index in [9.17, 15) is 19.6 Å². The van der Waals surface area contributed by atoms with Gasteiger partial charge in [-0.3, -0.25) is 9.59 Å². The van der Waals surface area contributed by atoms with Crippen molar-refractivity contribution in [3.05, 3.63) is 51.4 Å². The smallest absolute Gasteiger partial charge is 0.341 e. The average Bonchev–Trinajstić information content (AvgIpc) is 3.29. The van der Waals surface area contributed by atoms with E-state index in [4.69, 9.17) is 4.74 Å². The number of nitrogens with zero attached hydrogens (tertiary/aromatic N) is 2. The third-order valence-electron chi connectivity index (χ3n) is 5.71. The number of nitrogens with one attached hydrogen (secondary N) is 1. The Morgan fingerprint density at radius 1 is 1.22 bits per heavy atom. The van der Waals surface area contributed by atoms with Crippen molar-refractivity contribution in [1.82, 2.24) is 0 Å². The zero-order chi connectivity index (χ0) is 22.8. The molecule has 0 spiro atoms. The monoisotopic (exact) mass is 449 g/mol. The molecule has 0 bridgehead atoms. The van der Waals surface area contributed by atoms with Gasteiger partial charge in [-0.1, -0.05) is 18.2 Å². The quantitative estimate of drug-likeness (QED) is 0.421. The Balaban J connectivity index is 1.76. The molecule has 8 heteroatoms. The molecule has 2 heterocycles. The van der Waals surface area contributed by atoms with E-state index in [1.807, 2.05) is 19.1 Å². The van der Waals surface area contributed by atoms with Gasteiger partial charge in [-0.05, 0) is 51.2 Å². The number of amides is 2. The summed E-state index contributed by atoms with van der Waals surface area (Å²) in [7, 11) is 0. The Bertz CT molecular complexity index is 1190. The van der Waals surface area contributed by atoms with E-state index < -0.39 is 11.9 Å². The predicted molar refractivity (Wildman–Crippen MR) is 123 cm³/mol. The number of fused-ring (bicyclic) bond motifs is 2. The van der Waals surface area contributed by atoms with E-state index in [-0.39, 0.29) is 23.7 Å². The lowest BCUT2D eigenvalue weighted by Gasteiger charge is -2.13. The summed E-state index contributed by atoms with van der Waals surface area (Å²) in [6, 6.07) is 9.03. The van der Waals surface area contributed by atoms with E-state index in [2.05, 4.69) is 5.32 Å². The van der Waals surface area contributed by atoms with Crippen LogP contribution in [0.1, 0.15) is 53.1 Å². The summed E-state index contributed by atoms with van der Waals surface area (Å²) in [6.07, 6.45) is 3.58. The molecule has 0 saturated carbocycles. The normalized spacial score (nSPS) is 16.2. The molecule has 7 nitrogen and oxygen atoms in total. The highest BCUT2D eigenvalue weighted by Gasteiger charge is 2.36. The molecule has 0 radical (unpaired) electrons. The van der Waals surface area contributed by atoms with Crippen molar-refractivity contribution in [2.75, 3.05) is 23.4 Å². The van der Waals surface area contributed by atoms with Crippen LogP contribution < -0.4 is 10.2 Å². The second-order valence-corrected chi connectivity index (χ2v) is 8.62. The van der Waals surface area contributed by atoms with Gasteiger partial charge in [0.15, 0.2) is 0 Å². The van der Waals surface area contributed by atoms with E-state index in [0.29, 0.717) is 28.4 Å². The number of thiophene rings is 1. The predicted octanol–water partition coefficient (Wildman–Crippen LogP) is 4.09. The first-order valence-corrected chi connectivity index (χ1v) is 11.5. The molecule has 1 aromatic carbocycles. The first-order valence-electron chi connectivity index (χ1n) is 10.7. The van der Waals surface area contributed by atoms with Crippen molar-refractivity contribution in [3.63, 3.8) is 0 Å². The summed E-state index contributed by atoms with van der Waals surface area (Å²) in [5.41, 5.74) is 2.34. The van der Waals surface area contributed by atoms with E-state index in [1.165, 1.54) is 11.3 Å². The molecule has 0 unspecified atom stereocenters. The summed E-state index contributed by atoms with van der Waals surface area (Å²) in [4.78, 5) is 41.5. The van der Waals surface area contributed by atoms with Gasteiger partial charge in [0.2, 0.25) is 0 Å². The van der Waals surface area contributed by atoms with Crippen molar-refractivity contribution in [3.8, 4) is 6.07 Å². The number of carbonyl (C=O) groups excluding carboxylic acids is 3. The zero-order valence-corrected chi connectivity index (χ0v) is 18.8. The third-order valence-corrected chi connectivity index (χ3v) is 6.91. The van der Waals surface area contributed by atoms with Crippen LogP contribution in [0.4, 0.5) is 10.7 Å². The fraction of sp³-hybridized carbons (Fsp3) is 0.333. The molecule has 2 amide bonds. The lowest BCUT2D eigenvalue weighted by atomic mass is 9.95. The minimum absolute atomic E-state index is 0.0847. The Morgan fingerprint density at radius 2 is 1.97 bits per heavy atom. The highest BCUT2D eigenvalue weighted by Crippen LogP contribution is 2.41. The van der Waals surface area contributed by atoms with Crippen LogP contribution in [0.3, 0.4) is 0 Å². The highest BCUT2D eigenvalue weighted by molar-refractivity contribution is 7.17. The summed E-state index contributed by atoms with van der Waals surface area (Å²) >= 11 is 1.35. The molecule has 32 heavy (non-hydrogen) atoms. The number of esters is 1. The Morgan fingerprint density at radius 3 is 2.69 bits per heavy atom. The van der Waals surface area contributed by atoms with Crippen LogP contribution in [0, 0.1) is 11.3 Å². The Labute approximate surface area is 190 Å². The minimum atomic E-state index is -0.701. The number of benzene rings is 1. The van der Waals surface area contributed by atoms with Gasteiger partial charge in [0.05, 0.1) is 23.4 Å². The molecule has 2 aromatic rings. The molecule has 4 rings (SSSR count). The number of nitriles is 1. The summed E-state index contributed by atoms with van der Waals surface area (Å²) < 4.78 is 5.23. The lowest BCUT2D eigenvalue weighted by Crippen LogP contribution is -2.27. The van der Waals surface area contributed by atoms with Gasteiger partial charge in [0.1, 0.15) is 16.6 Å². The van der Waals surface area contributed by atoms with Crippen LogP contribution >= 0.6 is 11.3 Å². The highest BCUT2D eigenvalue weighted by atomic mass is 32.1. The standard InChI is InChI=1S/C24H23N3O4S/c1-3-27-17-11-7-5-9-14(17)19(23(27)29)16(13-25)21(28)26-22-20(24(30)31-4-2)15-10-6-8-12-18(15)32-22/h5,7,9,11H,3-4,6,8,10,12H2,1-2H3,(H,26,28)/b19-16-. The van der Waals surface area contributed by atoms with Gasteiger partial charge in [-0.2, -0.15) is 5.26 Å². The number of likely N-dealkylation sites (N-methyl/N-ethyl adjacent to an activating group) is 1. The number of hydrogen-bond acceptors (Lipinski definition) is 6. The molecule has 0 atom stereocenters. The Hall–Kier alpha value is -3.44. The van der Waals surface area contributed by atoms with Crippen molar-refractivity contribution in [2.45, 2.75) is 39.5 Å². The number of rotatable bonds is 5. The maximum atomic E-state index is 13.2. The lowest BCUT2D eigenvalue weighted by molar-refractivity contribution is -0.114. The number of aryl methyl sites for hydroxylation is 1. The van der Waals surface area contributed by atoms with Gasteiger partial charge in [-0.25, -0.2) is 4.79 Å². The Kier molecular flexibility index (Phi) is 6.10. The van der Waals surface area contributed by atoms with Crippen molar-refractivity contribution >= 4 is 45.4 Å². The second kappa shape index (κ2) is 8.97. The van der Waals surface area contributed by atoms with Crippen LogP contribution in [-0.4, -0.2) is 30.9 Å². The van der Waals surface area contributed by atoms with E-state index >= 15 is 0 Å². The molecular weight excluding hydrogens is 426 g/mol. The van der Waals surface area contributed by atoms with Crippen molar-refractivity contribution in [2.24, 2.45) is 0 Å². The minimum Gasteiger partial charge on any atom is -0.462 e. The van der Waals surface area contributed by atoms with Gasteiger partial charge >= 0.3 is 5.97 Å². The van der Waals surface area contributed by atoms with E-state index in [1.54, 1.807) is 30.0 Å². The van der Waals surface area contributed by atoms with Crippen LogP contribution in [0.2, 0.25) is 0 Å².